The normalized spacial score (nSPS) is 12.7. The van der Waals surface area contributed by atoms with Gasteiger partial charge in [-0.3, -0.25) is 4.98 Å². The quantitative estimate of drug-likeness (QED) is 0.637. The minimum Gasteiger partial charge on any atom is -0.435 e. The number of benzene rings is 2. The van der Waals surface area contributed by atoms with Gasteiger partial charge in [-0.15, -0.1) is 0 Å². The highest BCUT2D eigenvalue weighted by molar-refractivity contribution is 5.94. The van der Waals surface area contributed by atoms with Crippen molar-refractivity contribution >= 4 is 17.4 Å². The molecule has 4 rings (SSSR count). The van der Waals surface area contributed by atoms with Crippen molar-refractivity contribution in [2.75, 3.05) is 11.1 Å². The predicted octanol–water partition coefficient (Wildman–Crippen LogP) is 4.48. The molecule has 0 atom stereocenters. The van der Waals surface area contributed by atoms with Crippen molar-refractivity contribution in [3.8, 4) is 16.9 Å². The van der Waals surface area contributed by atoms with Crippen LogP contribution in [0.4, 0.5) is 25.0 Å². The van der Waals surface area contributed by atoms with Gasteiger partial charge in [0.15, 0.2) is 0 Å². The Kier molecular flexibility index (Phi) is 4.99. The van der Waals surface area contributed by atoms with Gasteiger partial charge in [0, 0.05) is 25.5 Å². The molecule has 0 unspecified atom stereocenters. The third kappa shape index (κ3) is 4.11. The second-order valence-corrected chi connectivity index (χ2v) is 6.64. The van der Waals surface area contributed by atoms with E-state index in [1.165, 1.54) is 12.1 Å². The van der Waals surface area contributed by atoms with E-state index in [1.807, 2.05) is 6.07 Å². The van der Waals surface area contributed by atoms with Crippen molar-refractivity contribution in [2.45, 2.75) is 19.7 Å². The number of carbonyl (C=O) groups is 1. The number of nitrogens with two attached hydrogens (primary N) is 1. The zero-order valence-corrected chi connectivity index (χ0v) is 15.3. The molecule has 0 spiro atoms. The number of hydrogen-bond acceptors (Lipinski definition) is 4. The first-order chi connectivity index (χ1) is 14.0. The predicted molar refractivity (Wildman–Crippen MR) is 105 cm³/mol. The number of urea groups is 1. The molecule has 0 bridgehead atoms. The summed E-state index contributed by atoms with van der Waals surface area (Å²) < 4.78 is 29.0. The zero-order chi connectivity index (χ0) is 20.4. The first-order valence-electron chi connectivity index (χ1n) is 8.92. The van der Waals surface area contributed by atoms with Gasteiger partial charge in [0.2, 0.25) is 0 Å². The molecule has 2 aromatic carbocycles. The molecule has 3 aromatic rings. The van der Waals surface area contributed by atoms with Crippen molar-refractivity contribution in [3.05, 3.63) is 72.1 Å². The Labute approximate surface area is 165 Å². The fraction of sp³-hybridized carbons (Fsp3) is 0.143. The number of nitrogen functional groups attached to an aromatic ring is 1. The summed E-state index contributed by atoms with van der Waals surface area (Å²) in [5.74, 6) is 0.0795. The Morgan fingerprint density at radius 2 is 1.79 bits per heavy atom. The number of hydrogen-bond donors (Lipinski definition) is 2. The average Bonchev–Trinajstić information content (AvgIpc) is 3.14. The first-order valence-corrected chi connectivity index (χ1v) is 8.92. The molecule has 0 saturated carbocycles. The Hall–Kier alpha value is -3.68. The van der Waals surface area contributed by atoms with Crippen LogP contribution in [0.3, 0.4) is 0 Å². The number of fused-ring (bicyclic) bond motifs is 1. The summed E-state index contributed by atoms with van der Waals surface area (Å²) in [6.45, 7) is -1.87. The largest absolute Gasteiger partial charge is 0.435 e. The Balaban J connectivity index is 1.49. The maximum absolute atomic E-state index is 12.7. The van der Waals surface area contributed by atoms with E-state index in [-0.39, 0.29) is 11.8 Å². The molecule has 2 amide bonds. The smallest absolute Gasteiger partial charge is 0.387 e. The fourth-order valence-corrected chi connectivity index (χ4v) is 3.23. The molecule has 0 radical (unpaired) electrons. The molecule has 6 nitrogen and oxygen atoms in total. The Morgan fingerprint density at radius 1 is 1.07 bits per heavy atom. The zero-order valence-electron chi connectivity index (χ0n) is 15.3. The maximum Gasteiger partial charge on any atom is 0.387 e. The number of pyridine rings is 1. The number of halogens is 2. The van der Waals surface area contributed by atoms with Crippen molar-refractivity contribution in [1.29, 1.82) is 0 Å². The molecular formula is C21H18F2N4O2. The van der Waals surface area contributed by atoms with E-state index in [9.17, 15) is 13.6 Å². The summed E-state index contributed by atoms with van der Waals surface area (Å²) in [7, 11) is 0. The molecule has 0 aliphatic carbocycles. The van der Waals surface area contributed by atoms with Crippen molar-refractivity contribution in [3.63, 3.8) is 0 Å². The van der Waals surface area contributed by atoms with Crippen LogP contribution in [-0.2, 0) is 13.1 Å². The van der Waals surface area contributed by atoms with Gasteiger partial charge in [0.1, 0.15) is 5.75 Å². The van der Waals surface area contributed by atoms with Crippen LogP contribution in [0.5, 0.6) is 5.75 Å². The van der Waals surface area contributed by atoms with Gasteiger partial charge in [-0.25, -0.2) is 4.79 Å². The number of nitrogens with one attached hydrogen (secondary N) is 1. The summed E-state index contributed by atoms with van der Waals surface area (Å²) >= 11 is 0. The maximum atomic E-state index is 12.7. The second kappa shape index (κ2) is 7.75. The van der Waals surface area contributed by atoms with Gasteiger partial charge >= 0.3 is 12.6 Å². The molecule has 3 N–H and O–H groups in total. The van der Waals surface area contributed by atoms with E-state index >= 15 is 0 Å². The molecule has 0 saturated heterocycles. The van der Waals surface area contributed by atoms with Crippen LogP contribution < -0.4 is 15.8 Å². The summed E-state index contributed by atoms with van der Waals surface area (Å²) in [4.78, 5) is 18.4. The highest BCUT2D eigenvalue weighted by atomic mass is 19.3. The number of anilines is 2. The summed E-state index contributed by atoms with van der Waals surface area (Å²) in [6, 6.07) is 13.1. The minimum atomic E-state index is -2.87. The van der Waals surface area contributed by atoms with Crippen LogP contribution in [-0.4, -0.2) is 22.5 Å². The lowest BCUT2D eigenvalue weighted by Crippen LogP contribution is -2.30. The number of alkyl halides is 2. The highest BCUT2D eigenvalue weighted by Gasteiger charge is 2.23. The van der Waals surface area contributed by atoms with Crippen LogP contribution in [0.2, 0.25) is 0 Å². The summed E-state index contributed by atoms with van der Waals surface area (Å²) in [5.41, 5.74) is 10.6. The van der Waals surface area contributed by atoms with Gasteiger partial charge in [-0.2, -0.15) is 8.78 Å². The van der Waals surface area contributed by atoms with Crippen molar-refractivity contribution in [2.24, 2.45) is 0 Å². The molecule has 1 aromatic heterocycles. The third-order valence-corrected chi connectivity index (χ3v) is 4.72. The van der Waals surface area contributed by atoms with Crippen LogP contribution in [0.1, 0.15) is 11.1 Å². The average molecular weight is 396 g/mol. The topological polar surface area (TPSA) is 80.5 Å². The van der Waals surface area contributed by atoms with E-state index < -0.39 is 6.61 Å². The standard InChI is InChI=1S/C21H18F2N4O2/c22-20(23)29-17-4-1-13(2-5-17)14-3-6-18(24)19(9-14)26-21(28)27-11-15-7-8-25-10-16(15)12-27/h1-10,20H,11-12,24H2,(H,26,28). The monoisotopic (exact) mass is 396 g/mol. The van der Waals surface area contributed by atoms with Gasteiger partial charge in [0.25, 0.3) is 0 Å². The molecule has 8 heteroatoms. The lowest BCUT2D eigenvalue weighted by molar-refractivity contribution is -0.0498. The van der Waals surface area contributed by atoms with E-state index in [1.54, 1.807) is 47.6 Å². The van der Waals surface area contributed by atoms with Gasteiger partial charge in [0.05, 0.1) is 11.4 Å². The van der Waals surface area contributed by atoms with E-state index in [2.05, 4.69) is 15.0 Å². The SMILES string of the molecule is Nc1ccc(-c2ccc(OC(F)F)cc2)cc1NC(=O)N1Cc2ccncc2C1. The fourth-order valence-electron chi connectivity index (χ4n) is 3.23. The minimum absolute atomic E-state index is 0.0795. The number of ether oxygens (including phenoxy) is 1. The van der Waals surface area contributed by atoms with Crippen molar-refractivity contribution < 1.29 is 18.3 Å². The molecule has 1 aliphatic rings. The third-order valence-electron chi connectivity index (χ3n) is 4.72. The lowest BCUT2D eigenvalue weighted by atomic mass is 10.0. The van der Waals surface area contributed by atoms with Crippen LogP contribution in [0.15, 0.2) is 60.9 Å². The lowest BCUT2D eigenvalue weighted by Gasteiger charge is -2.18. The number of aromatic nitrogens is 1. The number of nitrogens with zero attached hydrogens (tertiary/aromatic N) is 2. The molecule has 29 heavy (non-hydrogen) atoms. The molecule has 2 heterocycles. The van der Waals surface area contributed by atoms with Crippen LogP contribution in [0, 0.1) is 0 Å². The second-order valence-electron chi connectivity index (χ2n) is 6.64. The van der Waals surface area contributed by atoms with E-state index in [0.29, 0.717) is 24.5 Å². The molecular weight excluding hydrogens is 378 g/mol. The molecule has 1 aliphatic heterocycles. The Bertz CT molecular complexity index is 1020. The highest BCUT2D eigenvalue weighted by Crippen LogP contribution is 2.30. The first kappa shape index (κ1) is 18.7. The van der Waals surface area contributed by atoms with Gasteiger partial charge in [-0.1, -0.05) is 18.2 Å². The Morgan fingerprint density at radius 3 is 2.52 bits per heavy atom. The van der Waals surface area contributed by atoms with Gasteiger partial charge in [-0.05, 0) is 52.6 Å². The summed E-state index contributed by atoms with van der Waals surface area (Å²) in [5, 5.41) is 2.85. The van der Waals surface area contributed by atoms with E-state index in [0.717, 1.165) is 22.3 Å². The van der Waals surface area contributed by atoms with Crippen LogP contribution >= 0.6 is 0 Å². The van der Waals surface area contributed by atoms with Crippen LogP contribution in [0.25, 0.3) is 11.1 Å². The number of amides is 2. The van der Waals surface area contributed by atoms with Crippen molar-refractivity contribution in [1.82, 2.24) is 9.88 Å². The molecule has 148 valence electrons. The van der Waals surface area contributed by atoms with E-state index in [4.69, 9.17) is 5.73 Å². The summed E-state index contributed by atoms with van der Waals surface area (Å²) in [6.07, 6.45) is 3.47. The molecule has 0 fully saturated rings. The number of carbonyl (C=O) groups excluding carboxylic acids is 1. The number of rotatable bonds is 4. The van der Waals surface area contributed by atoms with Gasteiger partial charge < -0.3 is 20.7 Å².